The van der Waals surface area contributed by atoms with Crippen LogP contribution in [0.2, 0.25) is 0 Å². The highest BCUT2D eigenvalue weighted by atomic mass is 16.7. The topological polar surface area (TPSA) is 18.5 Å². The summed E-state index contributed by atoms with van der Waals surface area (Å²) in [5.41, 5.74) is 0. The van der Waals surface area contributed by atoms with Gasteiger partial charge in [-0.05, 0) is 30.7 Å². The van der Waals surface area contributed by atoms with E-state index in [0.717, 1.165) is 24.3 Å². The van der Waals surface area contributed by atoms with Gasteiger partial charge in [-0.15, -0.1) is 0 Å². The van der Waals surface area contributed by atoms with Gasteiger partial charge in [-0.1, -0.05) is 81.8 Å². The molecule has 0 aromatic heterocycles. The molecule has 0 saturated heterocycles. The van der Waals surface area contributed by atoms with Gasteiger partial charge in [0.05, 0.1) is 0 Å². The number of hydrogen-bond donors (Lipinski definition) is 0. The summed E-state index contributed by atoms with van der Waals surface area (Å²) in [5.74, 6) is 1.72. The van der Waals surface area contributed by atoms with Crippen molar-refractivity contribution in [2.75, 3.05) is 0 Å². The number of benzene rings is 2. The molecule has 0 amide bonds. The first kappa shape index (κ1) is 18.4. The van der Waals surface area contributed by atoms with Crippen LogP contribution in [0.3, 0.4) is 0 Å². The predicted molar refractivity (Wildman–Crippen MR) is 101 cm³/mol. The van der Waals surface area contributed by atoms with Crippen molar-refractivity contribution in [3.8, 4) is 11.5 Å². The van der Waals surface area contributed by atoms with E-state index in [-0.39, 0.29) is 6.29 Å². The molecule has 2 heteroatoms. The van der Waals surface area contributed by atoms with Crippen LogP contribution in [0, 0.1) is 0 Å². The lowest BCUT2D eigenvalue weighted by Crippen LogP contribution is -2.23. The van der Waals surface area contributed by atoms with Crippen LogP contribution in [0.15, 0.2) is 60.7 Å². The van der Waals surface area contributed by atoms with Gasteiger partial charge in [-0.25, -0.2) is 0 Å². The van der Waals surface area contributed by atoms with E-state index in [1.807, 2.05) is 60.7 Å². The van der Waals surface area contributed by atoms with Crippen molar-refractivity contribution in [1.82, 2.24) is 0 Å². The van der Waals surface area contributed by atoms with Gasteiger partial charge in [-0.2, -0.15) is 0 Å². The smallest absolute Gasteiger partial charge is 0.241 e. The Bertz CT molecular complexity index is 483. The molecule has 0 radical (unpaired) electrons. The Morgan fingerprint density at radius 1 is 0.625 bits per heavy atom. The van der Waals surface area contributed by atoms with Crippen molar-refractivity contribution in [2.45, 2.75) is 64.6 Å². The average molecular weight is 326 g/mol. The van der Waals surface area contributed by atoms with Crippen LogP contribution in [0.1, 0.15) is 58.3 Å². The maximum atomic E-state index is 6.04. The minimum absolute atomic E-state index is 0.231. The molecule has 0 aliphatic rings. The fraction of sp³-hybridized carbons (Fsp3) is 0.455. The van der Waals surface area contributed by atoms with Crippen LogP contribution in [0.25, 0.3) is 0 Å². The van der Waals surface area contributed by atoms with E-state index in [4.69, 9.17) is 9.47 Å². The highest BCUT2D eigenvalue weighted by molar-refractivity contribution is 5.23. The van der Waals surface area contributed by atoms with E-state index in [1.54, 1.807) is 0 Å². The third-order valence-electron chi connectivity index (χ3n) is 4.06. The molecule has 0 unspecified atom stereocenters. The molecule has 0 spiro atoms. The zero-order valence-electron chi connectivity index (χ0n) is 14.8. The summed E-state index contributed by atoms with van der Waals surface area (Å²) in [5, 5.41) is 0. The summed E-state index contributed by atoms with van der Waals surface area (Å²) in [4.78, 5) is 0. The standard InChI is InChI=1S/C22H30O2/c1-2-3-4-5-6-7-14-19-22(23-20-15-10-8-11-16-20)24-21-17-12-9-13-18-21/h8-13,15-18,22H,2-7,14,19H2,1H3. The molecule has 0 saturated carbocycles. The summed E-state index contributed by atoms with van der Waals surface area (Å²) < 4.78 is 12.1. The van der Waals surface area contributed by atoms with Crippen molar-refractivity contribution in [2.24, 2.45) is 0 Å². The third kappa shape index (κ3) is 7.54. The first-order chi connectivity index (χ1) is 11.9. The summed E-state index contributed by atoms with van der Waals surface area (Å²) >= 11 is 0. The molecule has 0 aliphatic heterocycles. The highest BCUT2D eigenvalue weighted by Gasteiger charge is 2.12. The van der Waals surface area contributed by atoms with Gasteiger partial charge in [0.15, 0.2) is 0 Å². The number of hydrogen-bond acceptors (Lipinski definition) is 2. The van der Waals surface area contributed by atoms with Crippen molar-refractivity contribution in [3.63, 3.8) is 0 Å². The minimum Gasteiger partial charge on any atom is -0.455 e. The van der Waals surface area contributed by atoms with Gasteiger partial charge in [0.25, 0.3) is 0 Å². The molecule has 24 heavy (non-hydrogen) atoms. The molecule has 130 valence electrons. The van der Waals surface area contributed by atoms with E-state index in [1.165, 1.54) is 38.5 Å². The van der Waals surface area contributed by atoms with Crippen molar-refractivity contribution in [3.05, 3.63) is 60.7 Å². The summed E-state index contributed by atoms with van der Waals surface area (Å²) in [6.45, 7) is 2.26. The predicted octanol–water partition coefficient (Wildman–Crippen LogP) is 6.61. The normalized spacial score (nSPS) is 10.8. The van der Waals surface area contributed by atoms with Gasteiger partial charge in [0.2, 0.25) is 6.29 Å². The molecule has 0 atom stereocenters. The molecule has 0 bridgehead atoms. The Morgan fingerprint density at radius 2 is 1.08 bits per heavy atom. The molecule has 0 N–H and O–H groups in total. The number of para-hydroxylation sites is 2. The quantitative estimate of drug-likeness (QED) is 0.323. The summed E-state index contributed by atoms with van der Waals surface area (Å²) in [6, 6.07) is 19.9. The maximum Gasteiger partial charge on any atom is 0.241 e. The Balaban J connectivity index is 1.79. The zero-order chi connectivity index (χ0) is 16.9. The van der Waals surface area contributed by atoms with Crippen LogP contribution < -0.4 is 9.47 Å². The molecule has 2 rings (SSSR count). The molecule has 2 aromatic rings. The number of ether oxygens (including phenoxy) is 2. The monoisotopic (exact) mass is 326 g/mol. The Morgan fingerprint density at radius 3 is 1.58 bits per heavy atom. The molecular weight excluding hydrogens is 296 g/mol. The van der Waals surface area contributed by atoms with Crippen molar-refractivity contribution < 1.29 is 9.47 Å². The Hall–Kier alpha value is -1.96. The Labute approximate surface area is 146 Å². The minimum atomic E-state index is -0.231. The highest BCUT2D eigenvalue weighted by Crippen LogP contribution is 2.19. The molecule has 2 nitrogen and oxygen atoms in total. The van der Waals surface area contributed by atoms with Crippen LogP contribution in [0.5, 0.6) is 11.5 Å². The number of unbranched alkanes of at least 4 members (excludes halogenated alkanes) is 6. The number of rotatable bonds is 12. The van der Waals surface area contributed by atoms with Crippen LogP contribution in [0.4, 0.5) is 0 Å². The van der Waals surface area contributed by atoms with E-state index in [0.29, 0.717) is 0 Å². The fourth-order valence-electron chi connectivity index (χ4n) is 2.71. The van der Waals surface area contributed by atoms with Gasteiger partial charge < -0.3 is 9.47 Å². The summed E-state index contributed by atoms with van der Waals surface area (Å²) in [7, 11) is 0. The summed E-state index contributed by atoms with van der Waals surface area (Å²) in [6.07, 6.45) is 9.74. The molecular formula is C22H30O2. The largest absolute Gasteiger partial charge is 0.455 e. The second-order valence-corrected chi connectivity index (χ2v) is 6.20. The van der Waals surface area contributed by atoms with Gasteiger partial charge in [0.1, 0.15) is 11.5 Å². The molecule has 0 aliphatic carbocycles. The first-order valence-electron chi connectivity index (χ1n) is 9.32. The molecule has 0 heterocycles. The van der Waals surface area contributed by atoms with E-state index in [2.05, 4.69) is 6.92 Å². The molecule has 2 aromatic carbocycles. The Kier molecular flexibility index (Phi) is 8.85. The van der Waals surface area contributed by atoms with E-state index in [9.17, 15) is 0 Å². The van der Waals surface area contributed by atoms with E-state index < -0.39 is 0 Å². The lowest BCUT2D eigenvalue weighted by Gasteiger charge is -2.20. The first-order valence-corrected chi connectivity index (χ1v) is 9.32. The van der Waals surface area contributed by atoms with Crippen LogP contribution >= 0.6 is 0 Å². The van der Waals surface area contributed by atoms with Crippen molar-refractivity contribution in [1.29, 1.82) is 0 Å². The lowest BCUT2D eigenvalue weighted by atomic mass is 10.1. The fourth-order valence-corrected chi connectivity index (χ4v) is 2.71. The second kappa shape index (κ2) is 11.6. The molecule has 0 fully saturated rings. The SMILES string of the molecule is CCCCCCCCCC(Oc1ccccc1)Oc1ccccc1. The van der Waals surface area contributed by atoms with Crippen molar-refractivity contribution >= 4 is 0 Å². The van der Waals surface area contributed by atoms with Gasteiger partial charge in [-0.3, -0.25) is 0 Å². The maximum absolute atomic E-state index is 6.04. The third-order valence-corrected chi connectivity index (χ3v) is 4.06. The van der Waals surface area contributed by atoms with Gasteiger partial charge >= 0.3 is 0 Å². The second-order valence-electron chi connectivity index (χ2n) is 6.20. The van der Waals surface area contributed by atoms with E-state index >= 15 is 0 Å². The average Bonchev–Trinajstić information content (AvgIpc) is 2.62. The lowest BCUT2D eigenvalue weighted by molar-refractivity contribution is -0.00245. The van der Waals surface area contributed by atoms with Crippen LogP contribution in [-0.4, -0.2) is 6.29 Å². The zero-order valence-corrected chi connectivity index (χ0v) is 14.8. The van der Waals surface area contributed by atoms with Gasteiger partial charge in [0, 0.05) is 6.42 Å². The van der Waals surface area contributed by atoms with Crippen LogP contribution in [-0.2, 0) is 0 Å².